The van der Waals surface area contributed by atoms with Crippen molar-refractivity contribution >= 4 is 17.6 Å². The number of benzene rings is 1. The average molecular weight is 278 g/mol. The molecule has 0 saturated carbocycles. The summed E-state index contributed by atoms with van der Waals surface area (Å²) in [5.74, 6) is -1.06. The van der Waals surface area contributed by atoms with Crippen molar-refractivity contribution in [3.05, 3.63) is 29.3 Å². The van der Waals surface area contributed by atoms with Gasteiger partial charge in [0.1, 0.15) is 0 Å². The van der Waals surface area contributed by atoms with Crippen molar-refractivity contribution in [1.82, 2.24) is 0 Å². The Bertz CT molecular complexity index is 498. The summed E-state index contributed by atoms with van der Waals surface area (Å²) in [5.41, 5.74) is 7.14. The fourth-order valence-corrected chi connectivity index (χ4v) is 2.00. The van der Waals surface area contributed by atoms with E-state index in [1.54, 1.807) is 6.07 Å². The van der Waals surface area contributed by atoms with Crippen LogP contribution in [0.5, 0.6) is 0 Å². The number of nitrogens with two attached hydrogens (primary N) is 1. The molecule has 0 aliphatic rings. The van der Waals surface area contributed by atoms with Gasteiger partial charge in [-0.15, -0.1) is 0 Å². The Balaban J connectivity index is 2.88. The van der Waals surface area contributed by atoms with Crippen LogP contribution in [0.15, 0.2) is 18.2 Å². The molecule has 0 fully saturated rings. The Morgan fingerprint density at radius 2 is 2.00 bits per heavy atom. The lowest BCUT2D eigenvalue weighted by Gasteiger charge is -2.18. The van der Waals surface area contributed by atoms with Crippen LogP contribution in [-0.4, -0.2) is 23.5 Å². The van der Waals surface area contributed by atoms with Crippen molar-refractivity contribution in [2.24, 2.45) is 17.6 Å². The number of nitrogens with one attached hydrogen (secondary N) is 1. The first-order valence-electron chi connectivity index (χ1n) is 6.70. The number of carboxylic acid groups (broad SMARTS) is 1. The van der Waals surface area contributed by atoms with E-state index in [0.29, 0.717) is 18.0 Å². The maximum absolute atomic E-state index is 12.2. The highest BCUT2D eigenvalue weighted by atomic mass is 16.4. The highest BCUT2D eigenvalue weighted by Gasteiger charge is 2.19. The van der Waals surface area contributed by atoms with Gasteiger partial charge in [-0.1, -0.05) is 19.9 Å². The summed E-state index contributed by atoms with van der Waals surface area (Å²) in [6.45, 7) is 6.17. The summed E-state index contributed by atoms with van der Waals surface area (Å²) in [6, 6.07) is 4.67. The lowest BCUT2D eigenvalue weighted by molar-refractivity contribution is -0.120. The minimum Gasteiger partial charge on any atom is -0.478 e. The molecule has 20 heavy (non-hydrogen) atoms. The monoisotopic (exact) mass is 278 g/mol. The molecule has 0 aliphatic carbocycles. The molecule has 1 aromatic rings. The first kappa shape index (κ1) is 16.2. The molecule has 1 rings (SSSR count). The summed E-state index contributed by atoms with van der Waals surface area (Å²) in [6.07, 6.45) is 0.708. The highest BCUT2D eigenvalue weighted by Crippen LogP contribution is 2.19. The van der Waals surface area contributed by atoms with E-state index in [2.05, 4.69) is 5.32 Å². The van der Waals surface area contributed by atoms with Crippen LogP contribution in [0.1, 0.15) is 36.2 Å². The van der Waals surface area contributed by atoms with Crippen LogP contribution >= 0.6 is 0 Å². The molecule has 110 valence electrons. The van der Waals surface area contributed by atoms with Gasteiger partial charge in [0.05, 0.1) is 11.5 Å². The molecule has 0 bridgehead atoms. The van der Waals surface area contributed by atoms with Crippen molar-refractivity contribution in [1.29, 1.82) is 0 Å². The minimum atomic E-state index is -1.02. The zero-order chi connectivity index (χ0) is 15.3. The van der Waals surface area contributed by atoms with Gasteiger partial charge in [0.25, 0.3) is 0 Å². The van der Waals surface area contributed by atoms with Crippen molar-refractivity contribution in [2.75, 3.05) is 11.9 Å². The number of rotatable bonds is 6. The number of aromatic carboxylic acids is 1. The molecule has 0 heterocycles. The van der Waals surface area contributed by atoms with Gasteiger partial charge in [-0.2, -0.15) is 0 Å². The Labute approximate surface area is 119 Å². The van der Waals surface area contributed by atoms with Crippen LogP contribution in [0, 0.1) is 18.8 Å². The zero-order valence-corrected chi connectivity index (χ0v) is 12.1. The van der Waals surface area contributed by atoms with Crippen LogP contribution < -0.4 is 11.1 Å². The van der Waals surface area contributed by atoms with Crippen LogP contribution in [0.2, 0.25) is 0 Å². The van der Waals surface area contributed by atoms with Gasteiger partial charge in [-0.05, 0) is 37.0 Å². The maximum Gasteiger partial charge on any atom is 0.335 e. The quantitative estimate of drug-likeness (QED) is 0.744. The molecule has 5 nitrogen and oxygen atoms in total. The molecule has 4 N–H and O–H groups in total. The van der Waals surface area contributed by atoms with E-state index in [-0.39, 0.29) is 23.9 Å². The predicted octanol–water partition coefficient (Wildman–Crippen LogP) is 2.25. The van der Waals surface area contributed by atoms with Crippen molar-refractivity contribution in [3.8, 4) is 0 Å². The number of anilines is 1. The molecule has 0 spiro atoms. The smallest absolute Gasteiger partial charge is 0.335 e. The van der Waals surface area contributed by atoms with E-state index in [9.17, 15) is 9.59 Å². The van der Waals surface area contributed by atoms with Crippen LogP contribution in [0.3, 0.4) is 0 Å². The number of aryl methyl sites for hydroxylation is 1. The average Bonchev–Trinajstić information content (AvgIpc) is 2.37. The summed E-state index contributed by atoms with van der Waals surface area (Å²) in [4.78, 5) is 23.1. The second-order valence-electron chi connectivity index (χ2n) is 5.39. The first-order valence-corrected chi connectivity index (χ1v) is 6.70. The second-order valence-corrected chi connectivity index (χ2v) is 5.39. The molecular formula is C15H22N2O3. The molecule has 5 heteroatoms. The molecule has 0 radical (unpaired) electrons. The minimum absolute atomic E-state index is 0.152. The molecule has 1 unspecified atom stereocenters. The van der Waals surface area contributed by atoms with Crippen molar-refractivity contribution in [3.63, 3.8) is 0 Å². The lowest BCUT2D eigenvalue weighted by Crippen LogP contribution is -2.30. The molecule has 0 saturated heterocycles. The van der Waals surface area contributed by atoms with E-state index < -0.39 is 5.97 Å². The van der Waals surface area contributed by atoms with E-state index in [4.69, 9.17) is 10.8 Å². The standard InChI is InChI=1S/C15H22N2O3/c1-9(2)6-12(8-16)14(18)17-13-7-11(15(19)20)5-4-10(13)3/h4-5,7,9,12H,6,8,16H2,1-3H3,(H,17,18)(H,19,20). The largest absolute Gasteiger partial charge is 0.478 e. The Morgan fingerprint density at radius 3 is 2.50 bits per heavy atom. The molecule has 0 aromatic heterocycles. The van der Waals surface area contributed by atoms with Crippen LogP contribution in [0.4, 0.5) is 5.69 Å². The second kappa shape index (κ2) is 7.05. The van der Waals surface area contributed by atoms with Crippen LogP contribution in [-0.2, 0) is 4.79 Å². The molecule has 1 aromatic carbocycles. The summed E-state index contributed by atoms with van der Waals surface area (Å²) >= 11 is 0. The van der Waals surface area contributed by atoms with E-state index in [0.717, 1.165) is 5.56 Å². The number of carbonyl (C=O) groups excluding carboxylic acids is 1. The first-order chi connectivity index (χ1) is 9.35. The van der Waals surface area contributed by atoms with Gasteiger partial charge in [0.2, 0.25) is 5.91 Å². The molecule has 0 aliphatic heterocycles. The molecule has 1 amide bonds. The number of amides is 1. The zero-order valence-electron chi connectivity index (χ0n) is 12.1. The number of carbonyl (C=O) groups is 2. The summed E-state index contributed by atoms with van der Waals surface area (Å²) in [5, 5.41) is 11.8. The highest BCUT2D eigenvalue weighted by molar-refractivity contribution is 5.95. The maximum atomic E-state index is 12.2. The fourth-order valence-electron chi connectivity index (χ4n) is 2.00. The Morgan fingerprint density at radius 1 is 1.35 bits per heavy atom. The fraction of sp³-hybridized carbons (Fsp3) is 0.467. The van der Waals surface area contributed by atoms with Crippen LogP contribution in [0.25, 0.3) is 0 Å². The third-order valence-corrected chi connectivity index (χ3v) is 3.15. The van der Waals surface area contributed by atoms with Crippen molar-refractivity contribution < 1.29 is 14.7 Å². The Hall–Kier alpha value is -1.88. The molecule has 1 atom stereocenters. The number of carboxylic acids is 1. The predicted molar refractivity (Wildman–Crippen MR) is 78.8 cm³/mol. The normalized spacial score (nSPS) is 12.2. The SMILES string of the molecule is Cc1ccc(C(=O)O)cc1NC(=O)C(CN)CC(C)C. The lowest BCUT2D eigenvalue weighted by atomic mass is 9.96. The van der Waals surface area contributed by atoms with Gasteiger partial charge in [0, 0.05) is 12.2 Å². The third kappa shape index (κ3) is 4.35. The summed E-state index contributed by atoms with van der Waals surface area (Å²) in [7, 11) is 0. The van der Waals surface area contributed by atoms with E-state index in [1.165, 1.54) is 12.1 Å². The topological polar surface area (TPSA) is 92.4 Å². The molecular weight excluding hydrogens is 256 g/mol. The van der Waals surface area contributed by atoms with Crippen molar-refractivity contribution in [2.45, 2.75) is 27.2 Å². The van der Waals surface area contributed by atoms with Gasteiger partial charge >= 0.3 is 5.97 Å². The van der Waals surface area contributed by atoms with Gasteiger partial charge in [-0.25, -0.2) is 4.79 Å². The van der Waals surface area contributed by atoms with Gasteiger partial charge in [-0.3, -0.25) is 4.79 Å². The number of hydrogen-bond acceptors (Lipinski definition) is 3. The Kier molecular flexibility index (Phi) is 5.70. The van der Waals surface area contributed by atoms with E-state index in [1.807, 2.05) is 20.8 Å². The van der Waals surface area contributed by atoms with Gasteiger partial charge in [0.15, 0.2) is 0 Å². The summed E-state index contributed by atoms with van der Waals surface area (Å²) < 4.78 is 0. The van der Waals surface area contributed by atoms with E-state index >= 15 is 0 Å². The third-order valence-electron chi connectivity index (χ3n) is 3.15. The van der Waals surface area contributed by atoms with Gasteiger partial charge < -0.3 is 16.2 Å². The number of hydrogen-bond donors (Lipinski definition) is 3.